The van der Waals surface area contributed by atoms with E-state index in [4.69, 9.17) is 5.73 Å². The van der Waals surface area contributed by atoms with Crippen LogP contribution in [0, 0.1) is 0 Å². The normalized spacial score (nSPS) is 13.5. The predicted octanol–water partition coefficient (Wildman–Crippen LogP) is 1.00. The van der Waals surface area contributed by atoms with E-state index in [-0.39, 0.29) is 6.04 Å². The minimum atomic E-state index is 0.0960. The number of aryl methyl sites for hydroxylation is 1. The molecular weight excluding hydrogens is 138 g/mol. The predicted molar refractivity (Wildman–Crippen MR) is 45.2 cm³/mol. The molecule has 62 valence electrons. The molecule has 1 rings (SSSR count). The second-order valence-corrected chi connectivity index (χ2v) is 2.81. The zero-order chi connectivity index (χ0) is 8.43. The Labute approximate surface area is 67.2 Å². The molecule has 0 aliphatic rings. The van der Waals surface area contributed by atoms with Gasteiger partial charge in [0.05, 0.1) is 6.20 Å². The van der Waals surface area contributed by atoms with Crippen molar-refractivity contribution < 1.29 is 0 Å². The molecule has 1 atom stereocenters. The molecule has 0 spiro atoms. The summed E-state index contributed by atoms with van der Waals surface area (Å²) in [7, 11) is 1.95. The Balaban J connectivity index is 3.05. The molecule has 0 aliphatic carbocycles. The first-order valence-electron chi connectivity index (χ1n) is 3.93. The summed E-state index contributed by atoms with van der Waals surface area (Å²) in [5.41, 5.74) is 8.15. The van der Waals surface area contributed by atoms with Crippen molar-refractivity contribution in [2.75, 3.05) is 0 Å². The molecule has 3 heteroatoms. The lowest BCUT2D eigenvalue weighted by Gasteiger charge is -2.05. The van der Waals surface area contributed by atoms with Crippen molar-refractivity contribution in [3.8, 4) is 0 Å². The van der Waals surface area contributed by atoms with Crippen molar-refractivity contribution in [1.29, 1.82) is 0 Å². The van der Waals surface area contributed by atoms with E-state index in [2.05, 4.69) is 12.0 Å². The van der Waals surface area contributed by atoms with E-state index >= 15 is 0 Å². The molecule has 0 aromatic carbocycles. The van der Waals surface area contributed by atoms with E-state index in [9.17, 15) is 0 Å². The number of nitrogens with zero attached hydrogens (tertiary/aromatic N) is 2. The standard InChI is InChI=1S/C8H15N3/c1-4-8-7(6(2)9)5-10-11(8)3/h5-6H,4,9H2,1-3H3. The van der Waals surface area contributed by atoms with E-state index in [1.165, 1.54) is 5.69 Å². The fraction of sp³-hybridized carbons (Fsp3) is 0.625. The summed E-state index contributed by atoms with van der Waals surface area (Å²) in [5.74, 6) is 0. The van der Waals surface area contributed by atoms with Gasteiger partial charge in [0.15, 0.2) is 0 Å². The highest BCUT2D eigenvalue weighted by Crippen LogP contribution is 2.14. The van der Waals surface area contributed by atoms with Crippen molar-refractivity contribution in [2.45, 2.75) is 26.3 Å². The molecule has 0 fully saturated rings. The maximum absolute atomic E-state index is 5.75. The Morgan fingerprint density at radius 3 is 2.73 bits per heavy atom. The summed E-state index contributed by atoms with van der Waals surface area (Å²) < 4.78 is 1.89. The van der Waals surface area contributed by atoms with E-state index in [0.29, 0.717) is 0 Å². The zero-order valence-electron chi connectivity index (χ0n) is 7.33. The van der Waals surface area contributed by atoms with E-state index in [1.54, 1.807) is 0 Å². The van der Waals surface area contributed by atoms with Gasteiger partial charge in [-0.3, -0.25) is 4.68 Å². The first-order valence-corrected chi connectivity index (χ1v) is 3.93. The highest BCUT2D eigenvalue weighted by molar-refractivity contribution is 5.20. The summed E-state index contributed by atoms with van der Waals surface area (Å²) in [5, 5.41) is 4.15. The van der Waals surface area contributed by atoms with Gasteiger partial charge in [-0.1, -0.05) is 6.92 Å². The quantitative estimate of drug-likeness (QED) is 0.689. The number of aromatic nitrogens is 2. The van der Waals surface area contributed by atoms with Gasteiger partial charge in [-0.05, 0) is 13.3 Å². The van der Waals surface area contributed by atoms with Gasteiger partial charge >= 0.3 is 0 Å². The fourth-order valence-corrected chi connectivity index (χ4v) is 1.29. The van der Waals surface area contributed by atoms with Crippen LogP contribution in [0.15, 0.2) is 6.20 Å². The Morgan fingerprint density at radius 2 is 2.36 bits per heavy atom. The molecule has 1 aromatic heterocycles. The van der Waals surface area contributed by atoms with Crippen molar-refractivity contribution in [2.24, 2.45) is 12.8 Å². The van der Waals surface area contributed by atoms with Crippen LogP contribution in [0.1, 0.15) is 31.1 Å². The molecule has 11 heavy (non-hydrogen) atoms. The van der Waals surface area contributed by atoms with Gasteiger partial charge in [-0.25, -0.2) is 0 Å². The Kier molecular flexibility index (Phi) is 2.29. The summed E-state index contributed by atoms with van der Waals surface area (Å²) in [6, 6.07) is 0.0960. The monoisotopic (exact) mass is 153 g/mol. The number of hydrogen-bond acceptors (Lipinski definition) is 2. The van der Waals surface area contributed by atoms with Gasteiger partial charge < -0.3 is 5.73 Å². The molecule has 0 aliphatic heterocycles. The minimum Gasteiger partial charge on any atom is -0.324 e. The summed E-state index contributed by atoms with van der Waals surface area (Å²) >= 11 is 0. The smallest absolute Gasteiger partial charge is 0.0540 e. The number of hydrogen-bond donors (Lipinski definition) is 1. The first-order chi connectivity index (χ1) is 5.16. The average Bonchev–Trinajstić information content (AvgIpc) is 2.30. The Hall–Kier alpha value is -0.830. The zero-order valence-corrected chi connectivity index (χ0v) is 7.33. The molecule has 1 heterocycles. The lowest BCUT2D eigenvalue weighted by Crippen LogP contribution is -2.08. The molecular formula is C8H15N3. The lowest BCUT2D eigenvalue weighted by molar-refractivity contribution is 0.705. The van der Waals surface area contributed by atoms with Crippen molar-refractivity contribution in [3.63, 3.8) is 0 Å². The van der Waals surface area contributed by atoms with Crippen LogP contribution in [0.25, 0.3) is 0 Å². The second-order valence-electron chi connectivity index (χ2n) is 2.81. The second kappa shape index (κ2) is 3.05. The van der Waals surface area contributed by atoms with Crippen molar-refractivity contribution in [1.82, 2.24) is 9.78 Å². The topological polar surface area (TPSA) is 43.8 Å². The molecule has 3 nitrogen and oxygen atoms in total. The third kappa shape index (κ3) is 1.43. The van der Waals surface area contributed by atoms with Gasteiger partial charge in [0.1, 0.15) is 0 Å². The van der Waals surface area contributed by atoms with Gasteiger partial charge in [-0.15, -0.1) is 0 Å². The summed E-state index contributed by atoms with van der Waals surface area (Å²) in [6.45, 7) is 4.10. The Morgan fingerprint density at radius 1 is 1.73 bits per heavy atom. The van der Waals surface area contributed by atoms with Crippen LogP contribution in [0.5, 0.6) is 0 Å². The maximum Gasteiger partial charge on any atom is 0.0540 e. The fourth-order valence-electron chi connectivity index (χ4n) is 1.29. The van der Waals surface area contributed by atoms with Crippen LogP contribution >= 0.6 is 0 Å². The molecule has 1 unspecified atom stereocenters. The lowest BCUT2D eigenvalue weighted by atomic mass is 10.1. The first kappa shape index (κ1) is 8.27. The molecule has 0 bridgehead atoms. The number of rotatable bonds is 2. The summed E-state index contributed by atoms with van der Waals surface area (Å²) in [4.78, 5) is 0. The number of nitrogens with two attached hydrogens (primary N) is 1. The largest absolute Gasteiger partial charge is 0.324 e. The van der Waals surface area contributed by atoms with Crippen molar-refractivity contribution >= 4 is 0 Å². The third-order valence-corrected chi connectivity index (χ3v) is 1.92. The van der Waals surface area contributed by atoms with Crippen molar-refractivity contribution in [3.05, 3.63) is 17.5 Å². The molecule has 0 amide bonds. The SMILES string of the molecule is CCc1c(C(C)N)cnn1C. The van der Waals surface area contributed by atoms with Crippen LogP contribution in [0.4, 0.5) is 0 Å². The molecule has 1 aromatic rings. The average molecular weight is 153 g/mol. The molecule has 0 saturated carbocycles. The molecule has 0 saturated heterocycles. The van der Waals surface area contributed by atoms with E-state index < -0.39 is 0 Å². The third-order valence-electron chi connectivity index (χ3n) is 1.92. The maximum atomic E-state index is 5.75. The van der Waals surface area contributed by atoms with Gasteiger partial charge in [0.2, 0.25) is 0 Å². The van der Waals surface area contributed by atoms with Gasteiger partial charge in [0.25, 0.3) is 0 Å². The van der Waals surface area contributed by atoms with Gasteiger partial charge in [-0.2, -0.15) is 5.10 Å². The molecule has 0 radical (unpaired) electrons. The van der Waals surface area contributed by atoms with Crippen LogP contribution in [-0.4, -0.2) is 9.78 Å². The summed E-state index contributed by atoms with van der Waals surface area (Å²) in [6.07, 6.45) is 2.84. The van der Waals surface area contributed by atoms with E-state index in [0.717, 1.165) is 12.0 Å². The Bertz CT molecular complexity index is 237. The van der Waals surface area contributed by atoms with Gasteiger partial charge in [0, 0.05) is 24.3 Å². The highest BCUT2D eigenvalue weighted by Gasteiger charge is 2.08. The highest BCUT2D eigenvalue weighted by atomic mass is 15.3. The van der Waals surface area contributed by atoms with E-state index in [1.807, 2.05) is 24.9 Å². The van der Waals surface area contributed by atoms with Crippen LogP contribution in [-0.2, 0) is 13.5 Å². The van der Waals surface area contributed by atoms with Crippen LogP contribution in [0.2, 0.25) is 0 Å². The minimum absolute atomic E-state index is 0.0960. The van der Waals surface area contributed by atoms with Crippen LogP contribution < -0.4 is 5.73 Å². The molecule has 2 N–H and O–H groups in total. The van der Waals surface area contributed by atoms with Crippen LogP contribution in [0.3, 0.4) is 0 Å².